The standard InChI is InChI=1S/C15H22FNO2/c1-11-5-6-12(9-13(11)16)14(18)7-8-17(4)10-15(2,3)19/h5-6,9,19H,7-8,10H2,1-4H3. The molecule has 0 saturated carbocycles. The lowest BCUT2D eigenvalue weighted by Crippen LogP contribution is -2.37. The van der Waals surface area contributed by atoms with Crippen molar-refractivity contribution < 1.29 is 14.3 Å². The number of aryl methyl sites for hydroxylation is 1. The van der Waals surface area contributed by atoms with Crippen molar-refractivity contribution >= 4 is 5.78 Å². The van der Waals surface area contributed by atoms with Gasteiger partial charge in [0, 0.05) is 25.1 Å². The number of Topliss-reactive ketones (excluding diaryl/α,β-unsaturated/α-hetero) is 1. The molecule has 3 nitrogen and oxygen atoms in total. The van der Waals surface area contributed by atoms with Gasteiger partial charge in [-0.2, -0.15) is 0 Å². The summed E-state index contributed by atoms with van der Waals surface area (Å²) >= 11 is 0. The summed E-state index contributed by atoms with van der Waals surface area (Å²) in [5.41, 5.74) is 0.156. The lowest BCUT2D eigenvalue weighted by Gasteiger charge is -2.25. The van der Waals surface area contributed by atoms with Gasteiger partial charge in [0.15, 0.2) is 5.78 Å². The first-order chi connectivity index (χ1) is 8.69. The minimum Gasteiger partial charge on any atom is -0.389 e. The Morgan fingerprint density at radius 2 is 2.05 bits per heavy atom. The van der Waals surface area contributed by atoms with E-state index in [2.05, 4.69) is 0 Å². The molecular weight excluding hydrogens is 245 g/mol. The summed E-state index contributed by atoms with van der Waals surface area (Å²) in [4.78, 5) is 13.8. The molecule has 0 radical (unpaired) electrons. The van der Waals surface area contributed by atoms with Gasteiger partial charge in [-0.1, -0.05) is 12.1 Å². The third-order valence-electron chi connectivity index (χ3n) is 2.87. The zero-order valence-corrected chi connectivity index (χ0v) is 12.0. The van der Waals surface area contributed by atoms with Crippen molar-refractivity contribution in [3.05, 3.63) is 35.1 Å². The molecular formula is C15H22FNO2. The number of carbonyl (C=O) groups is 1. The Bertz CT molecular complexity index is 452. The lowest BCUT2D eigenvalue weighted by molar-refractivity contribution is 0.0437. The molecule has 106 valence electrons. The molecule has 1 rings (SSSR count). The molecule has 4 heteroatoms. The Hall–Kier alpha value is -1.26. The molecule has 0 saturated heterocycles. The van der Waals surface area contributed by atoms with Crippen LogP contribution in [-0.4, -0.2) is 41.5 Å². The highest BCUT2D eigenvalue weighted by Crippen LogP contribution is 2.11. The Morgan fingerprint density at radius 3 is 2.58 bits per heavy atom. The number of hydrogen-bond donors (Lipinski definition) is 1. The van der Waals surface area contributed by atoms with Gasteiger partial charge in [-0.3, -0.25) is 4.79 Å². The van der Waals surface area contributed by atoms with E-state index in [1.54, 1.807) is 32.9 Å². The maximum atomic E-state index is 13.4. The molecule has 0 atom stereocenters. The summed E-state index contributed by atoms with van der Waals surface area (Å²) in [6.45, 7) is 6.14. The highest BCUT2D eigenvalue weighted by Gasteiger charge is 2.16. The van der Waals surface area contributed by atoms with E-state index in [1.807, 2.05) is 11.9 Å². The molecule has 0 aliphatic rings. The van der Waals surface area contributed by atoms with E-state index in [-0.39, 0.29) is 11.6 Å². The monoisotopic (exact) mass is 267 g/mol. The van der Waals surface area contributed by atoms with Crippen LogP contribution in [0.3, 0.4) is 0 Å². The van der Waals surface area contributed by atoms with Crippen LogP contribution in [0.2, 0.25) is 0 Å². The molecule has 0 aliphatic heterocycles. The van der Waals surface area contributed by atoms with Crippen LogP contribution in [-0.2, 0) is 0 Å². The number of likely N-dealkylation sites (N-methyl/N-ethyl adjacent to an activating group) is 1. The number of ketones is 1. The third-order valence-corrected chi connectivity index (χ3v) is 2.87. The molecule has 0 bridgehead atoms. The number of rotatable bonds is 6. The second-order valence-electron chi connectivity index (χ2n) is 5.69. The Morgan fingerprint density at radius 1 is 1.42 bits per heavy atom. The van der Waals surface area contributed by atoms with Gasteiger partial charge in [-0.15, -0.1) is 0 Å². The van der Waals surface area contributed by atoms with Crippen molar-refractivity contribution in [3.8, 4) is 0 Å². The van der Waals surface area contributed by atoms with Crippen LogP contribution >= 0.6 is 0 Å². The maximum absolute atomic E-state index is 13.4. The summed E-state index contributed by atoms with van der Waals surface area (Å²) in [5.74, 6) is -0.433. The first-order valence-corrected chi connectivity index (χ1v) is 6.39. The van der Waals surface area contributed by atoms with E-state index in [1.165, 1.54) is 6.07 Å². The van der Waals surface area contributed by atoms with Crippen molar-refractivity contribution in [1.29, 1.82) is 0 Å². The number of aliphatic hydroxyl groups is 1. The SMILES string of the molecule is Cc1ccc(C(=O)CCN(C)CC(C)(C)O)cc1F. The molecule has 0 spiro atoms. The predicted molar refractivity (Wildman–Crippen MR) is 73.9 cm³/mol. The van der Waals surface area contributed by atoms with Gasteiger partial charge in [-0.05, 0) is 39.4 Å². The molecule has 1 N–H and O–H groups in total. The Balaban J connectivity index is 2.53. The zero-order valence-electron chi connectivity index (χ0n) is 12.0. The Labute approximate surface area is 114 Å². The molecule has 0 fully saturated rings. The highest BCUT2D eigenvalue weighted by atomic mass is 19.1. The van der Waals surface area contributed by atoms with E-state index in [0.29, 0.717) is 30.6 Å². The van der Waals surface area contributed by atoms with Crippen LogP contribution in [0.1, 0.15) is 36.2 Å². The minimum atomic E-state index is -0.784. The molecule has 0 aliphatic carbocycles. The van der Waals surface area contributed by atoms with E-state index < -0.39 is 5.60 Å². The maximum Gasteiger partial charge on any atom is 0.164 e. The van der Waals surface area contributed by atoms with Crippen molar-refractivity contribution in [2.24, 2.45) is 0 Å². The van der Waals surface area contributed by atoms with Gasteiger partial charge in [0.05, 0.1) is 5.60 Å². The number of carbonyl (C=O) groups excluding carboxylic acids is 1. The van der Waals surface area contributed by atoms with Crippen LogP contribution in [0, 0.1) is 12.7 Å². The van der Waals surface area contributed by atoms with Crippen LogP contribution in [0.25, 0.3) is 0 Å². The quantitative estimate of drug-likeness (QED) is 0.805. The van der Waals surface area contributed by atoms with E-state index in [9.17, 15) is 14.3 Å². The highest BCUT2D eigenvalue weighted by molar-refractivity contribution is 5.96. The van der Waals surface area contributed by atoms with Crippen molar-refractivity contribution in [1.82, 2.24) is 4.90 Å². The fourth-order valence-electron chi connectivity index (χ4n) is 1.94. The van der Waals surface area contributed by atoms with Gasteiger partial charge in [0.2, 0.25) is 0 Å². The van der Waals surface area contributed by atoms with Gasteiger partial charge >= 0.3 is 0 Å². The summed E-state index contributed by atoms with van der Waals surface area (Å²) in [5, 5.41) is 9.66. The molecule has 0 unspecified atom stereocenters. The average Bonchev–Trinajstić information content (AvgIpc) is 2.27. The van der Waals surface area contributed by atoms with Crippen molar-refractivity contribution in [2.45, 2.75) is 32.8 Å². The lowest BCUT2D eigenvalue weighted by atomic mass is 10.1. The van der Waals surface area contributed by atoms with Crippen molar-refractivity contribution in [2.75, 3.05) is 20.1 Å². The fourth-order valence-corrected chi connectivity index (χ4v) is 1.94. The van der Waals surface area contributed by atoms with Crippen molar-refractivity contribution in [3.63, 3.8) is 0 Å². The molecule has 0 amide bonds. The summed E-state index contributed by atoms with van der Waals surface area (Å²) in [6, 6.07) is 4.55. The van der Waals surface area contributed by atoms with Crippen LogP contribution in [0.4, 0.5) is 4.39 Å². The third kappa shape index (κ3) is 5.49. The number of benzene rings is 1. The summed E-state index contributed by atoms with van der Waals surface area (Å²) < 4.78 is 13.4. The molecule has 0 heterocycles. The first kappa shape index (κ1) is 15.8. The van der Waals surface area contributed by atoms with E-state index in [4.69, 9.17) is 0 Å². The number of hydrogen-bond acceptors (Lipinski definition) is 3. The van der Waals surface area contributed by atoms with Gasteiger partial charge < -0.3 is 10.0 Å². The van der Waals surface area contributed by atoms with Crippen LogP contribution in [0.15, 0.2) is 18.2 Å². The average molecular weight is 267 g/mol. The predicted octanol–water partition coefficient (Wildman–Crippen LogP) is 2.41. The van der Waals surface area contributed by atoms with Crippen LogP contribution in [0.5, 0.6) is 0 Å². The summed E-state index contributed by atoms with van der Waals surface area (Å²) in [6.07, 6.45) is 0.315. The normalized spacial score (nSPS) is 11.9. The minimum absolute atomic E-state index is 0.0819. The summed E-state index contributed by atoms with van der Waals surface area (Å²) in [7, 11) is 1.85. The number of halogens is 1. The largest absolute Gasteiger partial charge is 0.389 e. The molecule has 1 aromatic rings. The van der Waals surface area contributed by atoms with Crippen LogP contribution < -0.4 is 0 Å². The zero-order chi connectivity index (χ0) is 14.6. The molecule has 19 heavy (non-hydrogen) atoms. The first-order valence-electron chi connectivity index (χ1n) is 6.39. The molecule has 1 aromatic carbocycles. The van der Waals surface area contributed by atoms with Gasteiger partial charge in [0.1, 0.15) is 5.82 Å². The van der Waals surface area contributed by atoms with Gasteiger partial charge in [-0.25, -0.2) is 4.39 Å². The topological polar surface area (TPSA) is 40.5 Å². The number of nitrogens with zero attached hydrogens (tertiary/aromatic N) is 1. The molecule has 0 aromatic heterocycles. The van der Waals surface area contributed by atoms with E-state index >= 15 is 0 Å². The smallest absolute Gasteiger partial charge is 0.164 e. The fraction of sp³-hybridized carbons (Fsp3) is 0.533. The second-order valence-corrected chi connectivity index (χ2v) is 5.69. The Kier molecular flexibility index (Phi) is 5.20. The van der Waals surface area contributed by atoms with Gasteiger partial charge in [0.25, 0.3) is 0 Å². The second kappa shape index (κ2) is 6.26. The van der Waals surface area contributed by atoms with E-state index in [0.717, 1.165) is 0 Å².